The molecular formula is C24H26N4O2. The van der Waals surface area contributed by atoms with Crippen molar-refractivity contribution in [2.24, 2.45) is 0 Å². The normalized spacial score (nSPS) is 15.8. The molecule has 0 unspecified atom stereocenters. The second-order valence-electron chi connectivity index (χ2n) is 7.87. The first-order valence-corrected chi connectivity index (χ1v) is 10.2. The van der Waals surface area contributed by atoms with E-state index in [-0.39, 0.29) is 11.8 Å². The largest absolute Gasteiger partial charge is 0.378 e. The predicted molar refractivity (Wildman–Crippen MR) is 118 cm³/mol. The van der Waals surface area contributed by atoms with Crippen LogP contribution in [0.4, 0.5) is 5.69 Å². The van der Waals surface area contributed by atoms with Gasteiger partial charge in [-0.3, -0.25) is 14.6 Å². The third kappa shape index (κ3) is 3.18. The topological polar surface area (TPSA) is 65.5 Å². The average Bonchev–Trinajstić information content (AvgIpc) is 3.22. The summed E-state index contributed by atoms with van der Waals surface area (Å²) in [6, 6.07) is 9.82. The van der Waals surface area contributed by atoms with E-state index in [1.165, 1.54) is 0 Å². The van der Waals surface area contributed by atoms with Crippen molar-refractivity contribution < 1.29 is 9.59 Å². The quantitative estimate of drug-likeness (QED) is 0.805. The zero-order chi connectivity index (χ0) is 21.4. The Bertz CT molecular complexity index is 1080. The maximum absolute atomic E-state index is 13.5. The zero-order valence-electron chi connectivity index (χ0n) is 17.8. The number of carbonyl (C=O) groups excluding carboxylic acids is 2. The molecule has 154 valence electrons. The van der Waals surface area contributed by atoms with Gasteiger partial charge in [-0.15, -0.1) is 0 Å². The van der Waals surface area contributed by atoms with Gasteiger partial charge in [0.25, 0.3) is 11.8 Å². The molecule has 1 aromatic heterocycles. The Morgan fingerprint density at radius 2 is 1.80 bits per heavy atom. The van der Waals surface area contributed by atoms with Crippen molar-refractivity contribution in [1.29, 1.82) is 0 Å². The number of nitrogens with zero attached hydrogens (tertiary/aromatic N) is 3. The van der Waals surface area contributed by atoms with Crippen molar-refractivity contribution in [2.75, 3.05) is 25.5 Å². The van der Waals surface area contributed by atoms with Gasteiger partial charge in [-0.2, -0.15) is 0 Å². The Morgan fingerprint density at radius 1 is 1.07 bits per heavy atom. The molecule has 0 aliphatic carbocycles. The first-order valence-electron chi connectivity index (χ1n) is 10.2. The Hall–Kier alpha value is -3.41. The van der Waals surface area contributed by atoms with Gasteiger partial charge >= 0.3 is 0 Å². The number of hydrogen-bond donors (Lipinski definition) is 1. The number of carbonyl (C=O) groups is 2. The standard InChI is InChI=1S/C24H26N4O2/c1-5-6-13-28-22(16-7-9-17(10-8-16)27(3)4)20-19(24(28)30)21(26-23(20)29)18-11-12-25-14-15(18)2/h7-12,14H,5-6,13H2,1-4H3,(H,26,29). The molecule has 1 aromatic carbocycles. The fourth-order valence-electron chi connectivity index (χ4n) is 3.99. The van der Waals surface area contributed by atoms with E-state index in [1.807, 2.05) is 56.3 Å². The van der Waals surface area contributed by atoms with Gasteiger partial charge in [0.15, 0.2) is 0 Å². The van der Waals surface area contributed by atoms with Crippen LogP contribution in [0.5, 0.6) is 0 Å². The molecule has 4 rings (SSSR count). The van der Waals surface area contributed by atoms with Crippen LogP contribution >= 0.6 is 0 Å². The lowest BCUT2D eigenvalue weighted by Crippen LogP contribution is -2.28. The molecule has 30 heavy (non-hydrogen) atoms. The van der Waals surface area contributed by atoms with E-state index in [4.69, 9.17) is 0 Å². The molecule has 6 nitrogen and oxygen atoms in total. The second-order valence-corrected chi connectivity index (χ2v) is 7.87. The third-order valence-corrected chi connectivity index (χ3v) is 5.61. The molecule has 6 heteroatoms. The lowest BCUT2D eigenvalue weighted by atomic mass is 10.0. The number of rotatable bonds is 6. The summed E-state index contributed by atoms with van der Waals surface area (Å²) in [6.45, 7) is 4.61. The number of amides is 2. The van der Waals surface area contributed by atoms with E-state index in [9.17, 15) is 9.59 Å². The second kappa shape index (κ2) is 7.78. The zero-order valence-corrected chi connectivity index (χ0v) is 17.8. The minimum absolute atomic E-state index is 0.116. The summed E-state index contributed by atoms with van der Waals surface area (Å²) < 4.78 is 0. The van der Waals surface area contributed by atoms with Crippen LogP contribution in [0, 0.1) is 6.92 Å². The molecule has 0 atom stereocenters. The summed E-state index contributed by atoms with van der Waals surface area (Å²) in [5.41, 5.74) is 5.91. The molecule has 0 bridgehead atoms. The van der Waals surface area contributed by atoms with E-state index < -0.39 is 0 Å². The number of nitrogens with one attached hydrogen (secondary N) is 1. The molecule has 0 spiro atoms. The molecular weight excluding hydrogens is 376 g/mol. The Labute approximate surface area is 176 Å². The highest BCUT2D eigenvalue weighted by Gasteiger charge is 2.45. The molecule has 3 heterocycles. The van der Waals surface area contributed by atoms with E-state index in [1.54, 1.807) is 17.3 Å². The summed E-state index contributed by atoms with van der Waals surface area (Å²) in [6.07, 6.45) is 5.26. The molecule has 2 aromatic rings. The number of aromatic nitrogens is 1. The first-order chi connectivity index (χ1) is 14.4. The highest BCUT2D eigenvalue weighted by atomic mass is 16.2. The smallest absolute Gasteiger partial charge is 0.261 e. The van der Waals surface area contributed by atoms with Crippen LogP contribution in [-0.4, -0.2) is 42.3 Å². The lowest BCUT2D eigenvalue weighted by molar-refractivity contribution is -0.123. The molecule has 2 aliphatic rings. The van der Waals surface area contributed by atoms with E-state index in [0.717, 1.165) is 35.2 Å². The number of fused-ring (bicyclic) bond motifs is 1. The number of pyridine rings is 1. The third-order valence-electron chi connectivity index (χ3n) is 5.61. The highest BCUT2D eigenvalue weighted by Crippen LogP contribution is 2.43. The van der Waals surface area contributed by atoms with Gasteiger partial charge in [-0.05, 0) is 42.7 Å². The van der Waals surface area contributed by atoms with Crippen molar-refractivity contribution in [3.63, 3.8) is 0 Å². The van der Waals surface area contributed by atoms with Crippen LogP contribution in [0.15, 0.2) is 53.9 Å². The molecule has 0 radical (unpaired) electrons. The van der Waals surface area contributed by atoms with Crippen LogP contribution in [0.25, 0.3) is 11.4 Å². The van der Waals surface area contributed by atoms with Crippen LogP contribution in [-0.2, 0) is 9.59 Å². The summed E-state index contributed by atoms with van der Waals surface area (Å²) in [5.74, 6) is -0.343. The average molecular weight is 402 g/mol. The van der Waals surface area contributed by atoms with Gasteiger partial charge in [0.05, 0.1) is 22.5 Å². The van der Waals surface area contributed by atoms with Crippen LogP contribution < -0.4 is 10.2 Å². The van der Waals surface area contributed by atoms with Crippen molar-refractivity contribution in [2.45, 2.75) is 26.7 Å². The number of anilines is 1. The fourth-order valence-corrected chi connectivity index (χ4v) is 3.99. The Morgan fingerprint density at radius 3 is 2.43 bits per heavy atom. The molecule has 0 fully saturated rings. The summed E-state index contributed by atoms with van der Waals surface area (Å²) in [5, 5.41) is 2.95. The van der Waals surface area contributed by atoms with Gasteiger partial charge in [0.1, 0.15) is 0 Å². The molecule has 0 saturated carbocycles. The number of aryl methyl sites for hydroxylation is 1. The van der Waals surface area contributed by atoms with E-state index >= 15 is 0 Å². The Kier molecular flexibility index (Phi) is 5.16. The van der Waals surface area contributed by atoms with E-state index in [0.29, 0.717) is 29.1 Å². The summed E-state index contributed by atoms with van der Waals surface area (Å²) in [4.78, 5) is 34.5. The van der Waals surface area contributed by atoms with Gasteiger partial charge in [0, 0.05) is 44.3 Å². The Balaban J connectivity index is 1.90. The maximum Gasteiger partial charge on any atom is 0.261 e. The van der Waals surface area contributed by atoms with Crippen LogP contribution in [0.1, 0.15) is 36.5 Å². The summed E-state index contributed by atoms with van der Waals surface area (Å²) >= 11 is 0. The minimum atomic E-state index is -0.227. The van der Waals surface area contributed by atoms with Crippen molar-refractivity contribution in [3.05, 3.63) is 70.6 Å². The van der Waals surface area contributed by atoms with Crippen LogP contribution in [0.3, 0.4) is 0 Å². The highest BCUT2D eigenvalue weighted by molar-refractivity contribution is 6.30. The first kappa shape index (κ1) is 19.9. The van der Waals surface area contributed by atoms with Crippen LogP contribution in [0.2, 0.25) is 0 Å². The van der Waals surface area contributed by atoms with Gasteiger partial charge < -0.3 is 15.1 Å². The predicted octanol–water partition coefficient (Wildman–Crippen LogP) is 3.35. The molecule has 2 aliphatic heterocycles. The fraction of sp³-hybridized carbons (Fsp3) is 0.292. The monoisotopic (exact) mass is 402 g/mol. The summed E-state index contributed by atoms with van der Waals surface area (Å²) in [7, 11) is 3.97. The molecule has 1 N–H and O–H groups in total. The van der Waals surface area contributed by atoms with Gasteiger partial charge in [-0.1, -0.05) is 25.5 Å². The lowest BCUT2D eigenvalue weighted by Gasteiger charge is -2.22. The van der Waals surface area contributed by atoms with Gasteiger partial charge in [-0.25, -0.2) is 0 Å². The number of benzene rings is 1. The van der Waals surface area contributed by atoms with Crippen molar-refractivity contribution in [1.82, 2.24) is 15.2 Å². The van der Waals surface area contributed by atoms with Gasteiger partial charge in [0.2, 0.25) is 0 Å². The van der Waals surface area contributed by atoms with Crippen molar-refractivity contribution >= 4 is 28.9 Å². The minimum Gasteiger partial charge on any atom is -0.378 e. The molecule has 0 saturated heterocycles. The molecule has 2 amide bonds. The maximum atomic E-state index is 13.5. The SMILES string of the molecule is CCCCN1C(=O)C2=C(c3ccncc3C)NC(=O)C2=C1c1ccc(N(C)C)cc1. The van der Waals surface area contributed by atoms with E-state index in [2.05, 4.69) is 17.2 Å². The number of unbranched alkanes of at least 4 members (excludes halogenated alkanes) is 1. The number of hydrogen-bond acceptors (Lipinski definition) is 4. The van der Waals surface area contributed by atoms with Crippen molar-refractivity contribution in [3.8, 4) is 0 Å².